The molecular weight excluding hydrogens is 279 g/mol. The largest absolute Gasteiger partial charge is 0.417 e. The van der Waals surface area contributed by atoms with E-state index < -0.39 is 32.7 Å². The normalized spacial score (nSPS) is 13.8. The van der Waals surface area contributed by atoms with Crippen LogP contribution in [0.15, 0.2) is 29.2 Å². The molecule has 19 heavy (non-hydrogen) atoms. The third-order valence-corrected chi connectivity index (χ3v) is 3.91. The first-order valence-electron chi connectivity index (χ1n) is 5.30. The maximum atomic E-state index is 12.7. The van der Waals surface area contributed by atoms with Gasteiger partial charge in [-0.2, -0.15) is 13.2 Å². The highest BCUT2D eigenvalue weighted by Crippen LogP contribution is 2.33. The Bertz CT molecular complexity index is 588. The van der Waals surface area contributed by atoms with Crippen LogP contribution < -0.4 is 4.72 Å². The second-order valence-electron chi connectivity index (χ2n) is 3.92. The Hall–Kier alpha value is -1.52. The van der Waals surface area contributed by atoms with Crippen LogP contribution in [0.2, 0.25) is 0 Å². The topological polar surface area (TPSA) is 46.2 Å². The number of halogens is 3. The summed E-state index contributed by atoms with van der Waals surface area (Å²) in [6.45, 7) is 1.48. The molecule has 1 unspecified atom stereocenters. The van der Waals surface area contributed by atoms with Gasteiger partial charge in [0.1, 0.15) is 0 Å². The zero-order valence-corrected chi connectivity index (χ0v) is 10.8. The van der Waals surface area contributed by atoms with E-state index in [1.165, 1.54) is 13.0 Å². The molecule has 0 heterocycles. The van der Waals surface area contributed by atoms with E-state index in [-0.39, 0.29) is 6.42 Å². The molecule has 0 fully saturated rings. The van der Waals surface area contributed by atoms with E-state index in [0.29, 0.717) is 0 Å². The van der Waals surface area contributed by atoms with Crippen molar-refractivity contribution < 1.29 is 21.6 Å². The summed E-state index contributed by atoms with van der Waals surface area (Å²) in [7, 11) is -4.26. The standard InChI is InChI=1S/C12H12F3NO2S/c1-3-6-9(2)16-19(17,18)11-8-5-4-7-10(11)12(13,14)15/h1,4-5,7-9,16H,6H2,2H3. The number of benzene rings is 1. The van der Waals surface area contributed by atoms with Gasteiger partial charge in [-0.3, -0.25) is 0 Å². The molecule has 0 aliphatic heterocycles. The molecule has 0 bridgehead atoms. The van der Waals surface area contributed by atoms with E-state index in [2.05, 4.69) is 10.6 Å². The van der Waals surface area contributed by atoms with Crippen molar-refractivity contribution in [2.24, 2.45) is 0 Å². The molecule has 0 saturated carbocycles. The summed E-state index contributed by atoms with van der Waals surface area (Å²) in [5, 5.41) is 0. The summed E-state index contributed by atoms with van der Waals surface area (Å²) in [4.78, 5) is -0.800. The van der Waals surface area contributed by atoms with Gasteiger partial charge in [0, 0.05) is 12.5 Å². The van der Waals surface area contributed by atoms with Gasteiger partial charge in [0.05, 0.1) is 10.5 Å². The van der Waals surface area contributed by atoms with Crippen molar-refractivity contribution in [3.63, 3.8) is 0 Å². The Balaban J connectivity index is 3.20. The summed E-state index contributed by atoms with van der Waals surface area (Å²) in [5.74, 6) is 2.24. The van der Waals surface area contributed by atoms with Gasteiger partial charge in [-0.1, -0.05) is 12.1 Å². The summed E-state index contributed by atoms with van der Waals surface area (Å²) in [6, 6.07) is 3.35. The average molecular weight is 291 g/mol. The monoisotopic (exact) mass is 291 g/mol. The number of alkyl halides is 3. The first kappa shape index (κ1) is 15.5. The van der Waals surface area contributed by atoms with Crippen LogP contribution in [0.3, 0.4) is 0 Å². The molecule has 7 heteroatoms. The minimum absolute atomic E-state index is 0.0907. The van der Waals surface area contributed by atoms with Gasteiger partial charge in [0.2, 0.25) is 10.0 Å². The number of nitrogens with one attached hydrogen (secondary N) is 1. The van der Waals surface area contributed by atoms with E-state index in [0.717, 1.165) is 18.2 Å². The molecule has 0 saturated heterocycles. The zero-order valence-electron chi connectivity index (χ0n) is 10.0. The van der Waals surface area contributed by atoms with Gasteiger partial charge in [0.15, 0.2) is 0 Å². The Morgan fingerprint density at radius 1 is 1.37 bits per heavy atom. The Kier molecular flexibility index (Phi) is 4.61. The van der Waals surface area contributed by atoms with Crippen LogP contribution in [0.1, 0.15) is 18.9 Å². The molecule has 1 aromatic carbocycles. The lowest BCUT2D eigenvalue weighted by atomic mass is 10.2. The smallest absolute Gasteiger partial charge is 0.207 e. The summed E-state index contributed by atoms with van der Waals surface area (Å²) >= 11 is 0. The van der Waals surface area contributed by atoms with Crippen LogP contribution in [0, 0.1) is 12.3 Å². The molecular formula is C12H12F3NO2S. The van der Waals surface area contributed by atoms with Gasteiger partial charge in [-0.25, -0.2) is 13.1 Å². The number of terminal acetylenes is 1. The fourth-order valence-corrected chi connectivity index (χ4v) is 2.95. The van der Waals surface area contributed by atoms with Crippen molar-refractivity contribution in [3.8, 4) is 12.3 Å². The average Bonchev–Trinajstić information content (AvgIpc) is 2.27. The van der Waals surface area contributed by atoms with Gasteiger partial charge >= 0.3 is 6.18 Å². The van der Waals surface area contributed by atoms with Crippen molar-refractivity contribution in [2.75, 3.05) is 0 Å². The van der Waals surface area contributed by atoms with Crippen molar-refractivity contribution in [1.82, 2.24) is 4.72 Å². The number of hydrogen-bond donors (Lipinski definition) is 1. The van der Waals surface area contributed by atoms with E-state index >= 15 is 0 Å². The highest BCUT2D eigenvalue weighted by atomic mass is 32.2. The lowest BCUT2D eigenvalue weighted by Crippen LogP contribution is -2.33. The van der Waals surface area contributed by atoms with Crippen molar-refractivity contribution in [1.29, 1.82) is 0 Å². The summed E-state index contributed by atoms with van der Waals surface area (Å²) in [6.07, 6.45) is 0.377. The first-order chi connectivity index (χ1) is 8.68. The lowest BCUT2D eigenvalue weighted by molar-refractivity contribution is -0.139. The molecule has 0 aromatic heterocycles. The SMILES string of the molecule is C#CCC(C)NS(=O)(=O)c1ccccc1C(F)(F)F. The van der Waals surface area contributed by atoms with Gasteiger partial charge < -0.3 is 0 Å². The van der Waals surface area contributed by atoms with Crippen LogP contribution >= 0.6 is 0 Å². The van der Waals surface area contributed by atoms with Crippen LogP contribution in [0.4, 0.5) is 13.2 Å². The Morgan fingerprint density at radius 2 is 1.95 bits per heavy atom. The molecule has 104 valence electrons. The number of sulfonamides is 1. The number of hydrogen-bond acceptors (Lipinski definition) is 2. The van der Waals surface area contributed by atoms with Gasteiger partial charge in [-0.05, 0) is 19.1 Å². The molecule has 1 N–H and O–H groups in total. The van der Waals surface area contributed by atoms with Crippen LogP contribution in [-0.2, 0) is 16.2 Å². The highest BCUT2D eigenvalue weighted by molar-refractivity contribution is 7.89. The fourth-order valence-electron chi connectivity index (χ4n) is 1.48. The molecule has 1 rings (SSSR count). The molecule has 0 radical (unpaired) electrons. The third kappa shape index (κ3) is 3.98. The summed E-state index contributed by atoms with van der Waals surface area (Å²) < 4.78 is 64.1. The molecule has 0 amide bonds. The van der Waals surface area contributed by atoms with Crippen LogP contribution in [-0.4, -0.2) is 14.5 Å². The minimum Gasteiger partial charge on any atom is -0.207 e. The maximum absolute atomic E-state index is 12.7. The second kappa shape index (κ2) is 5.63. The van der Waals surface area contributed by atoms with Crippen molar-refractivity contribution in [2.45, 2.75) is 30.5 Å². The zero-order chi connectivity index (χ0) is 14.7. The van der Waals surface area contributed by atoms with E-state index in [9.17, 15) is 21.6 Å². The van der Waals surface area contributed by atoms with Crippen LogP contribution in [0.5, 0.6) is 0 Å². The quantitative estimate of drug-likeness (QED) is 0.866. The third-order valence-electron chi connectivity index (χ3n) is 2.26. The predicted octanol–water partition coefficient (Wildman–Crippen LogP) is 2.40. The summed E-state index contributed by atoms with van der Waals surface area (Å²) in [5.41, 5.74) is -1.20. The van der Waals surface area contributed by atoms with E-state index in [1.54, 1.807) is 0 Å². The highest BCUT2D eigenvalue weighted by Gasteiger charge is 2.37. The Morgan fingerprint density at radius 3 is 2.47 bits per heavy atom. The molecule has 1 atom stereocenters. The minimum atomic E-state index is -4.74. The molecule has 0 aliphatic rings. The number of rotatable bonds is 4. The second-order valence-corrected chi connectivity index (χ2v) is 5.61. The Labute approximate surface area is 109 Å². The lowest BCUT2D eigenvalue weighted by Gasteiger charge is -2.16. The molecule has 3 nitrogen and oxygen atoms in total. The van der Waals surface area contributed by atoms with E-state index in [4.69, 9.17) is 6.42 Å². The molecule has 0 aliphatic carbocycles. The van der Waals surface area contributed by atoms with Crippen molar-refractivity contribution >= 4 is 10.0 Å². The molecule has 1 aromatic rings. The maximum Gasteiger partial charge on any atom is 0.417 e. The van der Waals surface area contributed by atoms with Gasteiger partial charge in [-0.15, -0.1) is 12.3 Å². The van der Waals surface area contributed by atoms with Crippen molar-refractivity contribution in [3.05, 3.63) is 29.8 Å². The molecule has 0 spiro atoms. The predicted molar refractivity (Wildman–Crippen MR) is 64.7 cm³/mol. The van der Waals surface area contributed by atoms with Gasteiger partial charge in [0.25, 0.3) is 0 Å². The van der Waals surface area contributed by atoms with E-state index in [1.807, 2.05) is 0 Å². The first-order valence-corrected chi connectivity index (χ1v) is 6.79. The van der Waals surface area contributed by atoms with Crippen LogP contribution in [0.25, 0.3) is 0 Å². The fraction of sp³-hybridized carbons (Fsp3) is 0.333.